The lowest BCUT2D eigenvalue weighted by Crippen LogP contribution is -2.41. The second kappa shape index (κ2) is 9.64. The van der Waals surface area contributed by atoms with Gasteiger partial charge in [-0.25, -0.2) is 24.7 Å². The van der Waals surface area contributed by atoms with Crippen molar-refractivity contribution in [3.05, 3.63) is 48.0 Å². The topological polar surface area (TPSA) is 185 Å². The molecule has 0 spiro atoms. The van der Waals surface area contributed by atoms with Gasteiger partial charge in [0, 0.05) is 24.7 Å². The quantitative estimate of drug-likeness (QED) is 0.367. The lowest BCUT2D eigenvalue weighted by molar-refractivity contribution is -0.140. The summed E-state index contributed by atoms with van der Waals surface area (Å²) < 4.78 is 0. The summed E-state index contributed by atoms with van der Waals surface area (Å²) >= 11 is 0. The SMILES string of the molecule is CN(Cc1cnc2ncnc(N)c2n1)c1ccc(C(=O)N[C@@H](CCC(=O)O)C(=O)O)cc1. The van der Waals surface area contributed by atoms with Crippen LogP contribution in [-0.4, -0.2) is 61.1 Å². The minimum atomic E-state index is -1.29. The molecule has 0 saturated carbocycles. The molecule has 1 aromatic carbocycles. The molecule has 5 N–H and O–H groups in total. The highest BCUT2D eigenvalue weighted by Crippen LogP contribution is 2.18. The minimum absolute atomic E-state index is 0.209. The van der Waals surface area contributed by atoms with E-state index in [1.54, 1.807) is 30.5 Å². The Morgan fingerprint density at radius 3 is 2.50 bits per heavy atom. The summed E-state index contributed by atoms with van der Waals surface area (Å²) in [6.45, 7) is 0.402. The number of carbonyl (C=O) groups excluding carboxylic acids is 1. The number of hydrogen-bond acceptors (Lipinski definition) is 9. The fourth-order valence-corrected chi connectivity index (χ4v) is 2.94. The number of carboxylic acid groups (broad SMARTS) is 2. The molecule has 0 bridgehead atoms. The summed E-state index contributed by atoms with van der Waals surface area (Å²) in [4.78, 5) is 52.8. The van der Waals surface area contributed by atoms with E-state index in [1.165, 1.54) is 6.33 Å². The first-order valence-electron chi connectivity index (χ1n) is 9.53. The summed E-state index contributed by atoms with van der Waals surface area (Å²) in [6, 6.07) is 5.22. The van der Waals surface area contributed by atoms with Crippen LogP contribution in [0.5, 0.6) is 0 Å². The number of nitrogens with zero attached hydrogens (tertiary/aromatic N) is 5. The number of nitrogens with two attached hydrogens (primary N) is 1. The number of rotatable bonds is 9. The molecule has 166 valence electrons. The van der Waals surface area contributed by atoms with Crippen molar-refractivity contribution in [3.8, 4) is 0 Å². The predicted molar refractivity (Wildman–Crippen MR) is 114 cm³/mol. The highest BCUT2D eigenvalue weighted by atomic mass is 16.4. The van der Waals surface area contributed by atoms with E-state index in [0.717, 1.165) is 5.69 Å². The van der Waals surface area contributed by atoms with Crippen LogP contribution in [0.25, 0.3) is 11.2 Å². The molecule has 1 atom stereocenters. The lowest BCUT2D eigenvalue weighted by Gasteiger charge is -2.19. The number of carbonyl (C=O) groups is 3. The van der Waals surface area contributed by atoms with E-state index in [0.29, 0.717) is 23.4 Å². The Morgan fingerprint density at radius 2 is 1.84 bits per heavy atom. The maximum atomic E-state index is 12.4. The number of fused-ring (bicyclic) bond motifs is 1. The van der Waals surface area contributed by atoms with Crippen LogP contribution in [0.1, 0.15) is 28.9 Å². The lowest BCUT2D eigenvalue weighted by atomic mass is 10.1. The zero-order chi connectivity index (χ0) is 23.3. The molecular formula is C20H21N7O5. The number of amides is 1. The van der Waals surface area contributed by atoms with Crippen molar-refractivity contribution in [2.45, 2.75) is 25.4 Å². The Labute approximate surface area is 182 Å². The van der Waals surface area contributed by atoms with E-state index in [9.17, 15) is 19.5 Å². The second-order valence-electron chi connectivity index (χ2n) is 6.99. The summed E-state index contributed by atoms with van der Waals surface area (Å²) in [5.41, 5.74) is 8.32. The van der Waals surface area contributed by atoms with Crippen molar-refractivity contribution >= 4 is 40.5 Å². The largest absolute Gasteiger partial charge is 0.481 e. The van der Waals surface area contributed by atoms with Crippen molar-refractivity contribution in [2.75, 3.05) is 17.7 Å². The standard InChI is InChI=1S/C20H21N7O5/c1-27(9-12-8-22-18-16(25-12)17(21)23-10-24-18)13-4-2-11(3-5-13)19(30)26-14(20(31)32)6-7-15(28)29/h2-5,8,10,14H,6-7,9H2,1H3,(H,26,30)(H,28,29)(H,31,32)(H2,21,22,23,24)/t14-/m0/s1. The molecule has 0 fully saturated rings. The molecule has 0 radical (unpaired) electrons. The van der Waals surface area contributed by atoms with Crippen molar-refractivity contribution in [2.24, 2.45) is 0 Å². The number of nitrogen functional groups attached to an aromatic ring is 1. The normalized spacial score (nSPS) is 11.7. The first kappa shape index (κ1) is 22.3. The molecule has 2 aromatic heterocycles. The Bertz CT molecular complexity index is 1150. The first-order chi connectivity index (χ1) is 15.2. The Hall–Kier alpha value is -4.35. The molecule has 2 heterocycles. The first-order valence-corrected chi connectivity index (χ1v) is 9.53. The highest BCUT2D eigenvalue weighted by Gasteiger charge is 2.21. The maximum absolute atomic E-state index is 12.4. The van der Waals surface area contributed by atoms with E-state index in [4.69, 9.17) is 10.8 Å². The van der Waals surface area contributed by atoms with Gasteiger partial charge in [0.25, 0.3) is 5.91 Å². The molecular weight excluding hydrogens is 418 g/mol. The van der Waals surface area contributed by atoms with Crippen molar-refractivity contribution in [1.82, 2.24) is 25.3 Å². The summed E-state index contributed by atoms with van der Waals surface area (Å²) in [7, 11) is 1.83. The van der Waals surface area contributed by atoms with Crippen LogP contribution >= 0.6 is 0 Å². The number of hydrogen-bond donors (Lipinski definition) is 4. The molecule has 0 saturated heterocycles. The summed E-state index contributed by atoms with van der Waals surface area (Å²) in [6.07, 6.45) is 2.34. The van der Waals surface area contributed by atoms with E-state index < -0.39 is 23.9 Å². The molecule has 32 heavy (non-hydrogen) atoms. The molecule has 3 rings (SSSR count). The van der Waals surface area contributed by atoms with Crippen LogP contribution in [0.4, 0.5) is 11.5 Å². The average Bonchev–Trinajstić information content (AvgIpc) is 2.76. The molecule has 3 aromatic rings. The van der Waals surface area contributed by atoms with Gasteiger partial charge < -0.3 is 26.2 Å². The number of anilines is 2. The molecule has 12 nitrogen and oxygen atoms in total. The molecule has 0 aliphatic carbocycles. The van der Waals surface area contributed by atoms with Crippen LogP contribution in [0.15, 0.2) is 36.8 Å². The third kappa shape index (κ3) is 5.41. The van der Waals surface area contributed by atoms with Gasteiger partial charge >= 0.3 is 11.9 Å². The molecule has 0 aliphatic rings. The fraction of sp³-hybridized carbons (Fsp3) is 0.250. The van der Waals surface area contributed by atoms with Crippen LogP contribution < -0.4 is 16.0 Å². The zero-order valence-corrected chi connectivity index (χ0v) is 17.1. The van der Waals surface area contributed by atoms with Gasteiger partial charge in [-0.15, -0.1) is 0 Å². The average molecular weight is 439 g/mol. The molecule has 1 amide bonds. The van der Waals surface area contributed by atoms with E-state index in [-0.39, 0.29) is 24.2 Å². The van der Waals surface area contributed by atoms with Gasteiger partial charge in [-0.2, -0.15) is 0 Å². The van der Waals surface area contributed by atoms with Crippen molar-refractivity contribution < 1.29 is 24.6 Å². The molecule has 12 heteroatoms. The molecule has 0 aliphatic heterocycles. The smallest absolute Gasteiger partial charge is 0.326 e. The van der Waals surface area contributed by atoms with Gasteiger partial charge in [0.05, 0.1) is 18.4 Å². The Balaban J connectivity index is 1.66. The number of carboxylic acids is 2. The monoisotopic (exact) mass is 439 g/mol. The van der Waals surface area contributed by atoms with Crippen LogP contribution in [0.2, 0.25) is 0 Å². The summed E-state index contributed by atoms with van der Waals surface area (Å²) in [5.74, 6) is -2.79. The van der Waals surface area contributed by atoms with Crippen molar-refractivity contribution in [3.63, 3.8) is 0 Å². The fourth-order valence-electron chi connectivity index (χ4n) is 2.94. The van der Waals surface area contributed by atoms with Gasteiger partial charge in [-0.3, -0.25) is 9.59 Å². The van der Waals surface area contributed by atoms with E-state index >= 15 is 0 Å². The van der Waals surface area contributed by atoms with Gasteiger partial charge in [0.15, 0.2) is 17.0 Å². The van der Waals surface area contributed by atoms with Crippen molar-refractivity contribution in [1.29, 1.82) is 0 Å². The number of nitrogens with one attached hydrogen (secondary N) is 1. The summed E-state index contributed by atoms with van der Waals surface area (Å²) in [5, 5.41) is 20.2. The number of aromatic nitrogens is 4. The van der Waals surface area contributed by atoms with E-state index in [1.807, 2.05) is 11.9 Å². The maximum Gasteiger partial charge on any atom is 0.326 e. The third-order valence-electron chi connectivity index (χ3n) is 4.64. The van der Waals surface area contributed by atoms with Gasteiger partial charge in [-0.1, -0.05) is 0 Å². The molecule has 0 unspecified atom stereocenters. The van der Waals surface area contributed by atoms with Gasteiger partial charge in [0.1, 0.15) is 12.4 Å². The van der Waals surface area contributed by atoms with E-state index in [2.05, 4.69) is 25.3 Å². The number of benzene rings is 1. The third-order valence-corrected chi connectivity index (χ3v) is 4.64. The minimum Gasteiger partial charge on any atom is -0.481 e. The number of aliphatic carboxylic acids is 2. The Kier molecular flexibility index (Phi) is 6.73. The highest BCUT2D eigenvalue weighted by molar-refractivity contribution is 5.97. The van der Waals surface area contributed by atoms with Gasteiger partial charge in [0.2, 0.25) is 0 Å². The van der Waals surface area contributed by atoms with Gasteiger partial charge in [-0.05, 0) is 30.7 Å². The van der Waals surface area contributed by atoms with Crippen LogP contribution in [0.3, 0.4) is 0 Å². The second-order valence-corrected chi connectivity index (χ2v) is 6.99. The van der Waals surface area contributed by atoms with Crippen LogP contribution in [-0.2, 0) is 16.1 Å². The Morgan fingerprint density at radius 1 is 1.12 bits per heavy atom. The van der Waals surface area contributed by atoms with Crippen LogP contribution in [0, 0.1) is 0 Å². The zero-order valence-electron chi connectivity index (χ0n) is 17.1. The predicted octanol–water partition coefficient (Wildman–Crippen LogP) is 0.686.